The topological polar surface area (TPSA) is 58.1 Å². The highest BCUT2D eigenvalue weighted by molar-refractivity contribution is 8.03. The van der Waals surface area contributed by atoms with Crippen molar-refractivity contribution in [3.05, 3.63) is 52.1 Å². The van der Waals surface area contributed by atoms with E-state index in [1.165, 1.54) is 43.2 Å². The molecule has 2 aromatic heterocycles. The van der Waals surface area contributed by atoms with Crippen LogP contribution < -0.4 is 5.32 Å². The van der Waals surface area contributed by atoms with Gasteiger partial charge in [0.2, 0.25) is 5.91 Å². The van der Waals surface area contributed by atoms with Crippen LogP contribution in [0.15, 0.2) is 36.0 Å². The van der Waals surface area contributed by atoms with Crippen LogP contribution in [0.2, 0.25) is 0 Å². The molecule has 1 saturated carbocycles. The van der Waals surface area contributed by atoms with Gasteiger partial charge < -0.3 is 10.2 Å². The second kappa shape index (κ2) is 8.09. The molecule has 146 valence electrons. The van der Waals surface area contributed by atoms with Crippen molar-refractivity contribution in [1.29, 1.82) is 0 Å². The predicted molar refractivity (Wildman–Crippen MR) is 118 cm³/mol. The van der Waals surface area contributed by atoms with E-state index in [1.54, 1.807) is 29.3 Å². The van der Waals surface area contributed by atoms with Crippen molar-refractivity contribution in [1.82, 2.24) is 14.9 Å². The molecule has 0 radical (unpaired) electrons. The van der Waals surface area contributed by atoms with Gasteiger partial charge >= 0.3 is 0 Å². The summed E-state index contributed by atoms with van der Waals surface area (Å²) in [5.74, 6) is 0.690. The molecule has 1 fully saturated rings. The molecular weight excluding hydrogens is 388 g/mol. The molecule has 2 aliphatic rings. The third-order valence-electron chi connectivity index (χ3n) is 5.27. The quantitative estimate of drug-likeness (QED) is 0.749. The van der Waals surface area contributed by atoms with E-state index in [0.717, 1.165) is 27.5 Å². The molecule has 0 aromatic carbocycles. The van der Waals surface area contributed by atoms with Gasteiger partial charge in [-0.05, 0) is 24.5 Å². The summed E-state index contributed by atoms with van der Waals surface area (Å²) in [7, 11) is 2.19. The summed E-state index contributed by atoms with van der Waals surface area (Å²) in [5, 5.41) is 3.52. The second-order valence-corrected chi connectivity index (χ2v) is 9.20. The summed E-state index contributed by atoms with van der Waals surface area (Å²) in [5.41, 5.74) is 4.28. The van der Waals surface area contributed by atoms with Crippen molar-refractivity contribution >= 4 is 45.4 Å². The Bertz CT molecular complexity index is 929. The van der Waals surface area contributed by atoms with E-state index in [9.17, 15) is 4.79 Å². The lowest BCUT2D eigenvalue weighted by atomic mass is 10.1. The molecule has 5 nitrogen and oxygen atoms in total. The molecule has 7 heteroatoms. The fourth-order valence-electron chi connectivity index (χ4n) is 3.85. The molecule has 28 heavy (non-hydrogen) atoms. The van der Waals surface area contributed by atoms with Crippen molar-refractivity contribution in [3.8, 4) is 0 Å². The lowest BCUT2D eigenvalue weighted by Gasteiger charge is -2.33. The highest BCUT2D eigenvalue weighted by Gasteiger charge is 2.32. The molecule has 1 N–H and O–H groups in total. The van der Waals surface area contributed by atoms with Gasteiger partial charge in [-0.15, -0.1) is 11.8 Å². The zero-order chi connectivity index (χ0) is 19.7. The minimum Gasteiger partial charge on any atom is -0.369 e. The van der Waals surface area contributed by atoms with Gasteiger partial charge in [0.1, 0.15) is 0 Å². The number of anilines is 1. The van der Waals surface area contributed by atoms with Gasteiger partial charge in [-0.3, -0.25) is 9.78 Å². The van der Waals surface area contributed by atoms with E-state index < -0.39 is 0 Å². The number of carbonyl (C=O) groups excluding carboxylic acids is 1. The van der Waals surface area contributed by atoms with Crippen LogP contribution >= 0.6 is 23.1 Å². The Morgan fingerprint density at radius 2 is 2.14 bits per heavy atom. The second-order valence-electron chi connectivity index (χ2n) is 7.21. The van der Waals surface area contributed by atoms with Gasteiger partial charge in [-0.1, -0.05) is 36.8 Å². The van der Waals surface area contributed by atoms with Crippen LogP contribution in [0.4, 0.5) is 5.13 Å². The van der Waals surface area contributed by atoms with E-state index in [2.05, 4.69) is 39.9 Å². The number of thiazole rings is 1. The molecule has 0 saturated heterocycles. The van der Waals surface area contributed by atoms with Gasteiger partial charge in [0, 0.05) is 48.6 Å². The van der Waals surface area contributed by atoms with Crippen molar-refractivity contribution < 1.29 is 4.79 Å². The summed E-state index contributed by atoms with van der Waals surface area (Å²) in [6.07, 6.45) is 8.63. The standard InChI is InChI=1S/C21H24N4OS2/c1-13(15-7-6-10-22-11-15)19-18(25(3)16-8-4-5-9-16)20-17(12-27-19)24-21(28-20)23-14(2)26/h6-7,10-11,16H,1,4-5,8-9,12H2,2-3H3,(H,23,24,26). The van der Waals surface area contributed by atoms with E-state index >= 15 is 0 Å². The molecule has 0 spiro atoms. The number of nitrogens with zero attached hydrogens (tertiary/aromatic N) is 3. The number of thioether (sulfide) groups is 1. The number of hydrogen-bond donors (Lipinski definition) is 1. The molecular formula is C21H24N4OS2. The number of amides is 1. The number of rotatable bonds is 5. The lowest BCUT2D eigenvalue weighted by molar-refractivity contribution is -0.114. The van der Waals surface area contributed by atoms with Crippen molar-refractivity contribution in [2.24, 2.45) is 0 Å². The largest absolute Gasteiger partial charge is 0.369 e. The third-order valence-corrected chi connectivity index (χ3v) is 7.44. The zero-order valence-corrected chi connectivity index (χ0v) is 17.8. The fourth-order valence-corrected chi connectivity index (χ4v) is 6.29. The Labute approximate surface area is 174 Å². The maximum Gasteiger partial charge on any atom is 0.223 e. The molecule has 1 amide bonds. The number of pyridine rings is 1. The Morgan fingerprint density at radius 3 is 2.82 bits per heavy atom. The Kier molecular flexibility index (Phi) is 5.55. The molecule has 4 rings (SSSR count). The van der Waals surface area contributed by atoms with Gasteiger partial charge in [0.25, 0.3) is 0 Å². The fraction of sp³-hybridized carbons (Fsp3) is 0.381. The monoisotopic (exact) mass is 412 g/mol. The first-order valence-corrected chi connectivity index (χ1v) is 11.3. The van der Waals surface area contributed by atoms with E-state index in [-0.39, 0.29) is 5.91 Å². The van der Waals surface area contributed by atoms with E-state index in [4.69, 9.17) is 0 Å². The zero-order valence-electron chi connectivity index (χ0n) is 16.2. The van der Waals surface area contributed by atoms with Crippen LogP contribution in [0.25, 0.3) is 11.3 Å². The molecule has 3 heterocycles. The first kappa shape index (κ1) is 19.2. The highest BCUT2D eigenvalue weighted by atomic mass is 32.2. The van der Waals surface area contributed by atoms with Crippen molar-refractivity contribution in [2.45, 2.75) is 44.4 Å². The Hall–Kier alpha value is -2.12. The van der Waals surface area contributed by atoms with Crippen LogP contribution in [0.3, 0.4) is 0 Å². The average molecular weight is 413 g/mol. The first-order valence-electron chi connectivity index (χ1n) is 9.52. The summed E-state index contributed by atoms with van der Waals surface area (Å²) in [4.78, 5) is 25.2. The van der Waals surface area contributed by atoms with Gasteiger partial charge in [-0.25, -0.2) is 4.98 Å². The van der Waals surface area contributed by atoms with Crippen molar-refractivity contribution in [2.75, 3.05) is 12.4 Å². The highest BCUT2D eigenvalue weighted by Crippen LogP contribution is 2.48. The minimum atomic E-state index is -0.0894. The Morgan fingerprint density at radius 1 is 1.36 bits per heavy atom. The van der Waals surface area contributed by atoms with E-state index in [1.807, 2.05) is 12.3 Å². The number of allylic oxidation sites excluding steroid dienone is 1. The summed E-state index contributed by atoms with van der Waals surface area (Å²) in [6.45, 7) is 5.93. The molecule has 2 aromatic rings. The van der Waals surface area contributed by atoms with Gasteiger partial charge in [0.05, 0.1) is 16.3 Å². The van der Waals surface area contributed by atoms with Crippen LogP contribution in [0.5, 0.6) is 0 Å². The molecule has 1 aliphatic carbocycles. The summed E-state index contributed by atoms with van der Waals surface area (Å²) >= 11 is 3.34. The number of hydrogen-bond acceptors (Lipinski definition) is 6. The van der Waals surface area contributed by atoms with Crippen LogP contribution in [0, 0.1) is 0 Å². The lowest BCUT2D eigenvalue weighted by Crippen LogP contribution is -2.29. The third kappa shape index (κ3) is 3.73. The SMILES string of the molecule is C=C(C1=C(N(C)C2CCCC2)c2sc(NC(C)=O)nc2CS1)c1cccnc1. The van der Waals surface area contributed by atoms with Gasteiger partial charge in [0.15, 0.2) is 5.13 Å². The minimum absolute atomic E-state index is 0.0894. The maximum atomic E-state index is 11.5. The summed E-state index contributed by atoms with van der Waals surface area (Å²) in [6, 6.07) is 4.53. The summed E-state index contributed by atoms with van der Waals surface area (Å²) < 4.78 is 0. The number of carbonyl (C=O) groups is 1. The number of fused-ring (bicyclic) bond motifs is 1. The average Bonchev–Trinajstić information content (AvgIpc) is 3.35. The van der Waals surface area contributed by atoms with Gasteiger partial charge in [-0.2, -0.15) is 0 Å². The smallest absolute Gasteiger partial charge is 0.223 e. The maximum absolute atomic E-state index is 11.5. The van der Waals surface area contributed by atoms with Crippen LogP contribution in [-0.2, 0) is 10.5 Å². The first-order chi connectivity index (χ1) is 13.5. The molecule has 0 atom stereocenters. The number of aromatic nitrogens is 2. The van der Waals surface area contributed by atoms with Crippen LogP contribution in [0.1, 0.15) is 48.7 Å². The van der Waals surface area contributed by atoms with Crippen molar-refractivity contribution in [3.63, 3.8) is 0 Å². The van der Waals surface area contributed by atoms with E-state index in [0.29, 0.717) is 11.2 Å². The normalized spacial score (nSPS) is 16.8. The predicted octanol–water partition coefficient (Wildman–Crippen LogP) is 5.00. The molecule has 0 bridgehead atoms. The molecule has 1 aliphatic heterocycles. The molecule has 0 unspecified atom stereocenters. The Balaban J connectivity index is 1.80. The van der Waals surface area contributed by atoms with Crippen LogP contribution in [-0.4, -0.2) is 33.9 Å². The number of nitrogens with one attached hydrogen (secondary N) is 1.